The fourth-order valence-corrected chi connectivity index (χ4v) is 3.27. The summed E-state index contributed by atoms with van der Waals surface area (Å²) in [7, 11) is 0. The average molecular weight is 440 g/mol. The van der Waals surface area contributed by atoms with Gasteiger partial charge in [0.05, 0.1) is 17.1 Å². The third-order valence-corrected chi connectivity index (χ3v) is 4.76. The summed E-state index contributed by atoms with van der Waals surface area (Å²) < 4.78 is 4.71. The molecule has 3 rings (SSSR count). The largest absolute Gasteiger partial charge is 0.361 e. The summed E-state index contributed by atoms with van der Waals surface area (Å²) >= 11 is 6.03. The van der Waals surface area contributed by atoms with Gasteiger partial charge in [0.1, 0.15) is 5.76 Å². The topological polar surface area (TPSA) is 58.7 Å². The molecule has 0 aliphatic carbocycles. The number of hydrazone groups is 1. The van der Waals surface area contributed by atoms with Crippen LogP contribution in [0.5, 0.6) is 0 Å². The van der Waals surface area contributed by atoms with Crippen molar-refractivity contribution in [2.45, 2.75) is 53.4 Å². The standard InChI is InChI=1S/C20H23ClN2O.C5H7NO/c1-4-7-18(19(24)8-5-2)20(16-10-12-17(21)13-11-16)23-15(3)9-6-14-22-23;1-4-3-5(2)7-6-4/h6,9-14H,3-5,7-8H2,1-2H3;3H,1-2H3/b20-18+;. The molecule has 0 amide bonds. The van der Waals surface area contributed by atoms with Crippen molar-refractivity contribution in [1.29, 1.82) is 0 Å². The Morgan fingerprint density at radius 2 is 1.81 bits per heavy atom. The summed E-state index contributed by atoms with van der Waals surface area (Å²) in [6, 6.07) is 9.40. The van der Waals surface area contributed by atoms with Gasteiger partial charge in [0.25, 0.3) is 0 Å². The molecule has 31 heavy (non-hydrogen) atoms. The van der Waals surface area contributed by atoms with E-state index in [-0.39, 0.29) is 5.78 Å². The van der Waals surface area contributed by atoms with Gasteiger partial charge in [0.2, 0.25) is 0 Å². The van der Waals surface area contributed by atoms with Crippen LogP contribution in [-0.4, -0.2) is 22.2 Å². The number of ketones is 1. The predicted molar refractivity (Wildman–Crippen MR) is 128 cm³/mol. The number of carbonyl (C=O) groups is 1. The van der Waals surface area contributed by atoms with Crippen molar-refractivity contribution in [3.8, 4) is 0 Å². The van der Waals surface area contributed by atoms with E-state index in [1.54, 1.807) is 11.2 Å². The molecule has 0 atom stereocenters. The van der Waals surface area contributed by atoms with Crippen molar-refractivity contribution in [2.75, 3.05) is 0 Å². The van der Waals surface area contributed by atoms with Gasteiger partial charge in [-0.15, -0.1) is 0 Å². The number of nitrogens with zero attached hydrogens (tertiary/aromatic N) is 3. The fraction of sp³-hybridized carbons (Fsp3) is 0.320. The maximum Gasteiger partial charge on any atom is 0.161 e. The van der Waals surface area contributed by atoms with Gasteiger partial charge >= 0.3 is 0 Å². The van der Waals surface area contributed by atoms with E-state index < -0.39 is 0 Å². The van der Waals surface area contributed by atoms with Crippen LogP contribution in [0.3, 0.4) is 0 Å². The number of allylic oxidation sites excluding steroid dienone is 3. The van der Waals surface area contributed by atoms with Crippen molar-refractivity contribution in [3.63, 3.8) is 0 Å². The second kappa shape index (κ2) is 12.1. The molecule has 0 spiro atoms. The lowest BCUT2D eigenvalue weighted by Gasteiger charge is -2.27. The lowest BCUT2D eigenvalue weighted by Crippen LogP contribution is -2.20. The Hall–Kier alpha value is -2.92. The van der Waals surface area contributed by atoms with E-state index >= 15 is 0 Å². The van der Waals surface area contributed by atoms with Crippen molar-refractivity contribution in [2.24, 2.45) is 5.10 Å². The number of hydrogen-bond acceptors (Lipinski definition) is 5. The van der Waals surface area contributed by atoms with Crippen molar-refractivity contribution in [3.05, 3.63) is 82.4 Å². The molecule has 2 heterocycles. The number of benzene rings is 1. The minimum atomic E-state index is 0.168. The Morgan fingerprint density at radius 3 is 2.29 bits per heavy atom. The second-order valence-corrected chi connectivity index (χ2v) is 7.70. The quantitative estimate of drug-likeness (QED) is 0.441. The van der Waals surface area contributed by atoms with E-state index in [4.69, 9.17) is 16.1 Å². The molecule has 2 aromatic rings. The molecular weight excluding hydrogens is 410 g/mol. The van der Waals surface area contributed by atoms with Crippen LogP contribution in [0.15, 0.2) is 70.0 Å². The highest BCUT2D eigenvalue weighted by Gasteiger charge is 2.22. The Morgan fingerprint density at radius 1 is 1.13 bits per heavy atom. The molecule has 6 heteroatoms. The molecule has 0 N–H and O–H groups in total. The van der Waals surface area contributed by atoms with Crippen LogP contribution in [0, 0.1) is 13.8 Å². The number of rotatable bonds is 7. The number of aryl methyl sites for hydroxylation is 2. The Bertz CT molecular complexity index is 968. The van der Waals surface area contributed by atoms with Crippen LogP contribution in [0.4, 0.5) is 0 Å². The molecule has 5 nitrogen and oxygen atoms in total. The molecule has 0 bridgehead atoms. The summed E-state index contributed by atoms with van der Waals surface area (Å²) in [5.41, 5.74) is 4.20. The monoisotopic (exact) mass is 439 g/mol. The van der Waals surface area contributed by atoms with Crippen LogP contribution >= 0.6 is 11.6 Å². The molecule has 0 saturated heterocycles. The van der Waals surface area contributed by atoms with Gasteiger partial charge in [-0.3, -0.25) is 4.79 Å². The summed E-state index contributed by atoms with van der Waals surface area (Å²) in [4.78, 5) is 12.8. The minimum Gasteiger partial charge on any atom is -0.361 e. The van der Waals surface area contributed by atoms with Crippen molar-refractivity contribution in [1.82, 2.24) is 10.2 Å². The highest BCUT2D eigenvalue weighted by Crippen LogP contribution is 2.32. The van der Waals surface area contributed by atoms with Gasteiger partial charge in [0, 0.05) is 34.9 Å². The second-order valence-electron chi connectivity index (χ2n) is 7.26. The van der Waals surface area contributed by atoms with E-state index in [0.717, 1.165) is 46.8 Å². The third-order valence-electron chi connectivity index (χ3n) is 4.50. The number of halogens is 1. The minimum absolute atomic E-state index is 0.168. The molecule has 1 aliphatic heterocycles. The first-order valence-corrected chi connectivity index (χ1v) is 10.9. The highest BCUT2D eigenvalue weighted by molar-refractivity contribution is 6.30. The molecule has 164 valence electrons. The zero-order valence-electron chi connectivity index (χ0n) is 18.7. The van der Waals surface area contributed by atoms with E-state index in [1.807, 2.05) is 63.3 Å². The molecule has 1 aromatic heterocycles. The summed E-state index contributed by atoms with van der Waals surface area (Å²) in [6.45, 7) is 11.9. The zero-order chi connectivity index (χ0) is 22.8. The fourth-order valence-electron chi connectivity index (χ4n) is 3.15. The third kappa shape index (κ3) is 7.07. The molecular formula is C25H30ClN3O2. The molecule has 1 aliphatic rings. The van der Waals surface area contributed by atoms with Gasteiger partial charge in [-0.05, 0) is 51.0 Å². The summed E-state index contributed by atoms with van der Waals surface area (Å²) in [6.07, 6.45) is 8.39. The Kier molecular flexibility index (Phi) is 9.47. The zero-order valence-corrected chi connectivity index (χ0v) is 19.4. The SMILES string of the molecule is C=C1C=CC=NN1/C(=C(\CCC)C(=O)CCC)c1ccc(Cl)cc1.Cc1cc(C)on1. The molecule has 0 fully saturated rings. The summed E-state index contributed by atoms with van der Waals surface area (Å²) in [5, 5.41) is 10.5. The van der Waals surface area contributed by atoms with Crippen LogP contribution in [0.1, 0.15) is 56.5 Å². The van der Waals surface area contributed by atoms with Gasteiger partial charge in [-0.1, -0.05) is 55.7 Å². The van der Waals surface area contributed by atoms with Crippen molar-refractivity contribution < 1.29 is 9.32 Å². The van der Waals surface area contributed by atoms with E-state index in [2.05, 4.69) is 23.8 Å². The van der Waals surface area contributed by atoms with Gasteiger partial charge < -0.3 is 4.52 Å². The first kappa shape index (κ1) is 24.4. The lowest BCUT2D eigenvalue weighted by molar-refractivity contribution is -0.115. The maximum absolute atomic E-state index is 12.8. The summed E-state index contributed by atoms with van der Waals surface area (Å²) in [5.74, 6) is 1.04. The molecule has 0 radical (unpaired) electrons. The Balaban J connectivity index is 0.000000412. The molecule has 0 unspecified atom stereocenters. The molecule has 0 saturated carbocycles. The van der Waals surface area contributed by atoms with E-state index in [1.165, 1.54) is 0 Å². The van der Waals surface area contributed by atoms with Gasteiger partial charge in [0.15, 0.2) is 5.78 Å². The van der Waals surface area contributed by atoms with Gasteiger partial charge in [-0.25, -0.2) is 5.01 Å². The maximum atomic E-state index is 12.8. The van der Waals surface area contributed by atoms with E-state index in [9.17, 15) is 4.79 Å². The molecule has 1 aromatic carbocycles. The number of Topliss-reactive ketones (excluding diaryl/α,β-unsaturated/α-hetero) is 1. The number of hydrogen-bond donors (Lipinski definition) is 0. The Labute approximate surface area is 189 Å². The first-order valence-electron chi connectivity index (χ1n) is 10.5. The first-order chi connectivity index (χ1) is 14.9. The van der Waals surface area contributed by atoms with Crippen LogP contribution in [-0.2, 0) is 4.79 Å². The van der Waals surface area contributed by atoms with Crippen LogP contribution in [0.2, 0.25) is 5.02 Å². The number of aromatic nitrogens is 1. The number of carbonyl (C=O) groups excluding carboxylic acids is 1. The normalized spacial score (nSPS) is 13.6. The smallest absolute Gasteiger partial charge is 0.161 e. The van der Waals surface area contributed by atoms with Crippen LogP contribution in [0.25, 0.3) is 5.70 Å². The lowest BCUT2D eigenvalue weighted by atomic mass is 9.96. The average Bonchev–Trinajstić information content (AvgIpc) is 3.13. The van der Waals surface area contributed by atoms with Gasteiger partial charge in [-0.2, -0.15) is 5.10 Å². The predicted octanol–water partition coefficient (Wildman–Crippen LogP) is 6.88. The van der Waals surface area contributed by atoms with Crippen molar-refractivity contribution >= 4 is 29.3 Å². The highest BCUT2D eigenvalue weighted by atomic mass is 35.5. The van der Waals surface area contributed by atoms with E-state index in [0.29, 0.717) is 17.9 Å². The van der Waals surface area contributed by atoms with Crippen LogP contribution < -0.4 is 0 Å².